The first kappa shape index (κ1) is 15.3. The SMILES string of the molecule is COc1ccccc1CC(C)NC1CCCS(=O)(=O)C1. The first-order valence-corrected chi connectivity index (χ1v) is 8.90. The van der Waals surface area contributed by atoms with Crippen LogP contribution in [0.4, 0.5) is 0 Å². The quantitative estimate of drug-likeness (QED) is 0.900. The molecule has 1 N–H and O–H groups in total. The van der Waals surface area contributed by atoms with Gasteiger partial charge in [-0.2, -0.15) is 0 Å². The Bertz CT molecular complexity index is 542. The van der Waals surface area contributed by atoms with Gasteiger partial charge in [-0.05, 0) is 37.8 Å². The average molecular weight is 297 g/mol. The molecule has 1 fully saturated rings. The van der Waals surface area contributed by atoms with Crippen molar-refractivity contribution in [2.75, 3.05) is 18.6 Å². The third-order valence-corrected chi connectivity index (χ3v) is 5.52. The van der Waals surface area contributed by atoms with E-state index < -0.39 is 9.84 Å². The Kier molecular flexibility index (Phi) is 5.05. The van der Waals surface area contributed by atoms with Crippen molar-refractivity contribution in [3.8, 4) is 5.75 Å². The minimum Gasteiger partial charge on any atom is -0.496 e. The average Bonchev–Trinajstić information content (AvgIpc) is 2.38. The molecule has 0 saturated carbocycles. The Morgan fingerprint density at radius 3 is 2.85 bits per heavy atom. The van der Waals surface area contributed by atoms with Crippen molar-refractivity contribution in [2.45, 2.75) is 38.3 Å². The van der Waals surface area contributed by atoms with Gasteiger partial charge in [-0.25, -0.2) is 8.42 Å². The molecule has 2 unspecified atom stereocenters. The minimum absolute atomic E-state index is 0.0819. The molecule has 0 aromatic heterocycles. The Morgan fingerprint density at radius 2 is 2.15 bits per heavy atom. The van der Waals surface area contributed by atoms with E-state index in [2.05, 4.69) is 18.3 Å². The first-order chi connectivity index (χ1) is 9.50. The van der Waals surface area contributed by atoms with Crippen molar-refractivity contribution in [2.24, 2.45) is 0 Å². The maximum Gasteiger partial charge on any atom is 0.151 e. The second-order valence-corrected chi connectivity index (χ2v) is 7.77. The van der Waals surface area contributed by atoms with Gasteiger partial charge in [-0.3, -0.25) is 0 Å². The molecule has 5 heteroatoms. The largest absolute Gasteiger partial charge is 0.496 e. The van der Waals surface area contributed by atoms with Gasteiger partial charge in [0.1, 0.15) is 5.75 Å². The normalized spacial score (nSPS) is 23.2. The first-order valence-electron chi connectivity index (χ1n) is 7.08. The zero-order valence-corrected chi connectivity index (χ0v) is 12.9. The molecule has 1 heterocycles. The summed E-state index contributed by atoms with van der Waals surface area (Å²) in [5.41, 5.74) is 1.15. The van der Waals surface area contributed by atoms with Gasteiger partial charge in [-0.15, -0.1) is 0 Å². The maximum absolute atomic E-state index is 11.6. The lowest BCUT2D eigenvalue weighted by Crippen LogP contribution is -2.44. The van der Waals surface area contributed by atoms with Crippen LogP contribution >= 0.6 is 0 Å². The molecule has 0 radical (unpaired) electrons. The lowest BCUT2D eigenvalue weighted by atomic mass is 10.0. The van der Waals surface area contributed by atoms with Gasteiger partial charge in [0.15, 0.2) is 9.84 Å². The van der Waals surface area contributed by atoms with E-state index in [4.69, 9.17) is 4.74 Å². The summed E-state index contributed by atoms with van der Waals surface area (Å²) >= 11 is 0. The van der Waals surface area contributed by atoms with Gasteiger partial charge in [0, 0.05) is 12.1 Å². The highest BCUT2D eigenvalue weighted by atomic mass is 32.2. The predicted molar refractivity (Wildman–Crippen MR) is 81.0 cm³/mol. The number of rotatable bonds is 5. The van der Waals surface area contributed by atoms with Crippen LogP contribution in [0, 0.1) is 0 Å². The van der Waals surface area contributed by atoms with Gasteiger partial charge in [0.25, 0.3) is 0 Å². The van der Waals surface area contributed by atoms with Crippen LogP contribution in [0.25, 0.3) is 0 Å². The molecule has 112 valence electrons. The van der Waals surface area contributed by atoms with Gasteiger partial charge in [0.2, 0.25) is 0 Å². The summed E-state index contributed by atoms with van der Waals surface area (Å²) in [4.78, 5) is 0. The van der Waals surface area contributed by atoms with Gasteiger partial charge < -0.3 is 10.1 Å². The summed E-state index contributed by atoms with van der Waals surface area (Å²) in [7, 11) is -1.18. The summed E-state index contributed by atoms with van der Waals surface area (Å²) in [5, 5.41) is 3.44. The number of sulfone groups is 1. The van der Waals surface area contributed by atoms with Crippen LogP contribution in [0.15, 0.2) is 24.3 Å². The van der Waals surface area contributed by atoms with Crippen LogP contribution in [-0.2, 0) is 16.3 Å². The summed E-state index contributed by atoms with van der Waals surface area (Å²) in [6, 6.07) is 8.26. The number of hydrogen-bond donors (Lipinski definition) is 1. The maximum atomic E-state index is 11.6. The van der Waals surface area contributed by atoms with Crippen molar-refractivity contribution in [3.63, 3.8) is 0 Å². The number of benzene rings is 1. The standard InChI is InChI=1S/C15H23NO3S/c1-12(10-13-6-3-4-8-15(13)19-2)16-14-7-5-9-20(17,18)11-14/h3-4,6,8,12,14,16H,5,7,9-11H2,1-2H3. The summed E-state index contributed by atoms with van der Waals surface area (Å²) < 4.78 is 28.6. The van der Waals surface area contributed by atoms with E-state index in [9.17, 15) is 8.42 Å². The highest BCUT2D eigenvalue weighted by molar-refractivity contribution is 7.91. The molecule has 0 bridgehead atoms. The van der Waals surface area contributed by atoms with Crippen LogP contribution in [0.3, 0.4) is 0 Å². The zero-order chi connectivity index (χ0) is 14.6. The highest BCUT2D eigenvalue weighted by Gasteiger charge is 2.25. The fraction of sp³-hybridized carbons (Fsp3) is 0.600. The van der Waals surface area contributed by atoms with E-state index >= 15 is 0 Å². The van der Waals surface area contributed by atoms with Gasteiger partial charge in [-0.1, -0.05) is 18.2 Å². The van der Waals surface area contributed by atoms with Crippen LogP contribution in [0.5, 0.6) is 5.75 Å². The van der Waals surface area contributed by atoms with E-state index in [-0.39, 0.29) is 17.8 Å². The number of nitrogens with one attached hydrogen (secondary N) is 1. The molecular weight excluding hydrogens is 274 g/mol. The van der Waals surface area contributed by atoms with Gasteiger partial charge in [0.05, 0.1) is 18.6 Å². The second-order valence-electron chi connectivity index (χ2n) is 5.54. The lowest BCUT2D eigenvalue weighted by molar-refractivity contribution is 0.397. The zero-order valence-electron chi connectivity index (χ0n) is 12.1. The molecule has 0 aliphatic carbocycles. The highest BCUT2D eigenvalue weighted by Crippen LogP contribution is 2.20. The topological polar surface area (TPSA) is 55.4 Å². The molecule has 4 nitrogen and oxygen atoms in total. The Hall–Kier alpha value is -1.07. The number of methoxy groups -OCH3 is 1. The van der Waals surface area contributed by atoms with Crippen molar-refractivity contribution >= 4 is 9.84 Å². The third kappa shape index (κ3) is 4.21. The monoisotopic (exact) mass is 297 g/mol. The summed E-state index contributed by atoms with van der Waals surface area (Å²) in [6.07, 6.45) is 2.54. The van der Waals surface area contributed by atoms with Crippen molar-refractivity contribution in [3.05, 3.63) is 29.8 Å². The minimum atomic E-state index is -2.85. The van der Waals surface area contributed by atoms with E-state index in [0.717, 1.165) is 30.6 Å². The smallest absolute Gasteiger partial charge is 0.151 e. The molecule has 2 rings (SSSR count). The molecule has 1 aromatic carbocycles. The number of ether oxygens (including phenoxy) is 1. The Morgan fingerprint density at radius 1 is 1.40 bits per heavy atom. The van der Waals surface area contributed by atoms with Crippen molar-refractivity contribution in [1.82, 2.24) is 5.32 Å². The van der Waals surface area contributed by atoms with E-state index in [0.29, 0.717) is 5.75 Å². The molecular formula is C15H23NO3S. The second kappa shape index (κ2) is 6.59. The number of hydrogen-bond acceptors (Lipinski definition) is 4. The molecule has 1 aliphatic rings. The van der Waals surface area contributed by atoms with E-state index in [1.807, 2.05) is 18.2 Å². The van der Waals surface area contributed by atoms with E-state index in [1.54, 1.807) is 7.11 Å². The molecule has 1 saturated heterocycles. The third-order valence-electron chi connectivity index (χ3n) is 3.70. The fourth-order valence-corrected chi connectivity index (χ4v) is 4.47. The van der Waals surface area contributed by atoms with Crippen LogP contribution in [0.1, 0.15) is 25.3 Å². The molecule has 2 atom stereocenters. The van der Waals surface area contributed by atoms with Crippen molar-refractivity contribution in [1.29, 1.82) is 0 Å². The molecule has 1 aromatic rings. The van der Waals surface area contributed by atoms with Crippen LogP contribution in [0.2, 0.25) is 0 Å². The van der Waals surface area contributed by atoms with Gasteiger partial charge >= 0.3 is 0 Å². The molecule has 0 spiro atoms. The molecule has 20 heavy (non-hydrogen) atoms. The Labute approximate surface area is 121 Å². The Balaban J connectivity index is 1.93. The van der Waals surface area contributed by atoms with E-state index in [1.165, 1.54) is 0 Å². The lowest BCUT2D eigenvalue weighted by Gasteiger charge is -2.27. The number of para-hydroxylation sites is 1. The fourth-order valence-electron chi connectivity index (χ4n) is 2.82. The van der Waals surface area contributed by atoms with Crippen LogP contribution < -0.4 is 10.1 Å². The summed E-state index contributed by atoms with van der Waals surface area (Å²) in [6.45, 7) is 2.09. The summed E-state index contributed by atoms with van der Waals surface area (Å²) in [5.74, 6) is 1.49. The van der Waals surface area contributed by atoms with Crippen molar-refractivity contribution < 1.29 is 13.2 Å². The predicted octanol–water partition coefficient (Wildman–Crippen LogP) is 1.79. The van der Waals surface area contributed by atoms with Crippen LogP contribution in [-0.4, -0.2) is 39.1 Å². The molecule has 0 amide bonds. The molecule has 1 aliphatic heterocycles.